The van der Waals surface area contributed by atoms with E-state index >= 15 is 0 Å². The number of anilines is 1. The van der Waals surface area contributed by atoms with Crippen molar-refractivity contribution in [3.05, 3.63) is 52.3 Å². The molecule has 0 aliphatic rings. The first-order valence-electron chi connectivity index (χ1n) is 5.77. The first kappa shape index (κ1) is 15.0. The van der Waals surface area contributed by atoms with Crippen molar-refractivity contribution in [2.24, 2.45) is 0 Å². The second kappa shape index (κ2) is 5.90. The summed E-state index contributed by atoms with van der Waals surface area (Å²) in [7, 11) is -3.75. The van der Waals surface area contributed by atoms with Crippen LogP contribution in [0.2, 0.25) is 0 Å². The van der Waals surface area contributed by atoms with E-state index in [0.29, 0.717) is 15.7 Å². The van der Waals surface area contributed by atoms with Crippen molar-refractivity contribution in [2.75, 3.05) is 4.72 Å². The molecule has 7 heteroatoms. The van der Waals surface area contributed by atoms with Gasteiger partial charge in [0.1, 0.15) is 4.90 Å². The highest BCUT2D eigenvalue weighted by atomic mass is 79.9. The van der Waals surface area contributed by atoms with Gasteiger partial charge in [0.15, 0.2) is 0 Å². The molecule has 0 fully saturated rings. The summed E-state index contributed by atoms with van der Waals surface area (Å²) < 4.78 is 27.7. The van der Waals surface area contributed by atoms with Crippen LogP contribution in [0.4, 0.5) is 5.69 Å². The van der Waals surface area contributed by atoms with Gasteiger partial charge in [-0.1, -0.05) is 6.07 Å². The molecule has 0 unspecified atom stereocenters. The molecule has 2 aromatic rings. The molecule has 0 bridgehead atoms. The third kappa shape index (κ3) is 3.17. The number of aliphatic hydroxyl groups is 1. The SMILES string of the molecule is Cc1ccncc1NS(=O)(=O)c1cc(CO)ccc1Br. The summed E-state index contributed by atoms with van der Waals surface area (Å²) in [5.74, 6) is 0. The van der Waals surface area contributed by atoms with E-state index in [9.17, 15) is 8.42 Å². The number of hydrogen-bond acceptors (Lipinski definition) is 4. The maximum Gasteiger partial charge on any atom is 0.263 e. The lowest BCUT2D eigenvalue weighted by molar-refractivity contribution is 0.281. The molecule has 0 aliphatic carbocycles. The Kier molecular flexibility index (Phi) is 4.42. The molecule has 106 valence electrons. The topological polar surface area (TPSA) is 79.3 Å². The van der Waals surface area contributed by atoms with Gasteiger partial charge in [0.05, 0.1) is 18.5 Å². The second-order valence-corrected chi connectivity index (χ2v) is 6.72. The van der Waals surface area contributed by atoms with Crippen LogP contribution in [0.15, 0.2) is 46.0 Å². The number of rotatable bonds is 4. The second-order valence-electron chi connectivity index (χ2n) is 4.22. The molecule has 1 aromatic carbocycles. The number of aromatic nitrogens is 1. The standard InChI is InChI=1S/C13H13BrN2O3S/c1-9-4-5-15-7-12(9)16-20(18,19)13-6-10(8-17)2-3-11(13)14/h2-7,16-17H,8H2,1H3. The van der Waals surface area contributed by atoms with Crippen LogP contribution in [0.5, 0.6) is 0 Å². The molecule has 5 nitrogen and oxygen atoms in total. The van der Waals surface area contributed by atoms with E-state index in [1.54, 1.807) is 31.3 Å². The van der Waals surface area contributed by atoms with Crippen LogP contribution in [0.3, 0.4) is 0 Å². The fourth-order valence-electron chi connectivity index (χ4n) is 1.62. The van der Waals surface area contributed by atoms with E-state index in [4.69, 9.17) is 5.11 Å². The zero-order valence-electron chi connectivity index (χ0n) is 10.7. The number of aliphatic hydroxyl groups excluding tert-OH is 1. The Balaban J connectivity index is 2.43. The Bertz CT molecular complexity index is 732. The van der Waals surface area contributed by atoms with E-state index < -0.39 is 10.0 Å². The monoisotopic (exact) mass is 356 g/mol. The van der Waals surface area contributed by atoms with Gasteiger partial charge in [-0.2, -0.15) is 0 Å². The molecule has 0 atom stereocenters. The van der Waals surface area contributed by atoms with Crippen molar-refractivity contribution in [1.82, 2.24) is 4.98 Å². The number of aryl methyl sites for hydroxylation is 1. The smallest absolute Gasteiger partial charge is 0.263 e. The molecule has 2 N–H and O–H groups in total. The van der Waals surface area contributed by atoms with Gasteiger partial charge in [0, 0.05) is 10.7 Å². The lowest BCUT2D eigenvalue weighted by atomic mass is 10.2. The Labute approximate surface area is 125 Å². The van der Waals surface area contributed by atoms with Crippen LogP contribution >= 0.6 is 15.9 Å². The van der Waals surface area contributed by atoms with E-state index in [2.05, 4.69) is 25.6 Å². The van der Waals surface area contributed by atoms with Crippen molar-refractivity contribution in [3.63, 3.8) is 0 Å². The summed E-state index contributed by atoms with van der Waals surface area (Å²) >= 11 is 3.21. The first-order valence-corrected chi connectivity index (χ1v) is 8.04. The number of hydrogen-bond donors (Lipinski definition) is 2. The van der Waals surface area contributed by atoms with E-state index in [-0.39, 0.29) is 11.5 Å². The maximum absolute atomic E-state index is 12.4. The molecule has 2 rings (SSSR count). The van der Waals surface area contributed by atoms with Crippen LogP contribution in [0.1, 0.15) is 11.1 Å². The van der Waals surface area contributed by atoms with Gasteiger partial charge in [-0.15, -0.1) is 0 Å². The molecule has 0 saturated heterocycles. The van der Waals surface area contributed by atoms with Crippen LogP contribution in [-0.4, -0.2) is 18.5 Å². The maximum atomic E-state index is 12.4. The number of sulfonamides is 1. The van der Waals surface area contributed by atoms with Crippen LogP contribution in [0.25, 0.3) is 0 Å². The van der Waals surface area contributed by atoms with Crippen molar-refractivity contribution < 1.29 is 13.5 Å². The minimum atomic E-state index is -3.75. The number of halogens is 1. The highest BCUT2D eigenvalue weighted by molar-refractivity contribution is 9.10. The van der Waals surface area contributed by atoms with Crippen molar-refractivity contribution in [2.45, 2.75) is 18.4 Å². The van der Waals surface area contributed by atoms with Crippen molar-refractivity contribution >= 4 is 31.6 Å². The van der Waals surface area contributed by atoms with Gasteiger partial charge < -0.3 is 5.11 Å². The van der Waals surface area contributed by atoms with Gasteiger partial charge in [-0.25, -0.2) is 8.42 Å². The van der Waals surface area contributed by atoms with Gasteiger partial charge in [0.25, 0.3) is 10.0 Å². The zero-order valence-corrected chi connectivity index (χ0v) is 13.1. The number of pyridine rings is 1. The summed E-state index contributed by atoms with van der Waals surface area (Å²) in [4.78, 5) is 3.98. The van der Waals surface area contributed by atoms with Crippen LogP contribution in [0, 0.1) is 6.92 Å². The van der Waals surface area contributed by atoms with Crippen LogP contribution in [-0.2, 0) is 16.6 Å². The quantitative estimate of drug-likeness (QED) is 0.881. The third-order valence-electron chi connectivity index (χ3n) is 2.75. The predicted molar refractivity (Wildman–Crippen MR) is 79.8 cm³/mol. The van der Waals surface area contributed by atoms with Gasteiger partial charge in [0.2, 0.25) is 0 Å². The molecule has 1 aromatic heterocycles. The molecule has 0 amide bonds. The van der Waals surface area contributed by atoms with E-state index in [0.717, 1.165) is 5.56 Å². The molecular weight excluding hydrogens is 344 g/mol. The number of nitrogens with one attached hydrogen (secondary N) is 1. The fourth-order valence-corrected chi connectivity index (χ4v) is 3.75. The number of benzene rings is 1. The number of nitrogens with zero attached hydrogens (tertiary/aromatic N) is 1. The van der Waals surface area contributed by atoms with Crippen molar-refractivity contribution in [1.29, 1.82) is 0 Å². The molecule has 0 saturated carbocycles. The predicted octanol–water partition coefficient (Wildman–Crippen LogP) is 2.45. The summed E-state index contributed by atoms with van der Waals surface area (Å²) in [6.07, 6.45) is 3.05. The first-order chi connectivity index (χ1) is 9.44. The summed E-state index contributed by atoms with van der Waals surface area (Å²) in [5.41, 5.74) is 1.73. The normalized spacial score (nSPS) is 11.3. The summed E-state index contributed by atoms with van der Waals surface area (Å²) in [6.45, 7) is 1.57. The summed E-state index contributed by atoms with van der Waals surface area (Å²) in [5, 5.41) is 9.11. The minimum absolute atomic E-state index is 0.0762. The Morgan fingerprint density at radius 3 is 2.75 bits per heavy atom. The third-order valence-corrected chi connectivity index (χ3v) is 5.11. The highest BCUT2D eigenvalue weighted by Crippen LogP contribution is 2.26. The average molecular weight is 357 g/mol. The molecular formula is C13H13BrN2O3S. The molecule has 1 heterocycles. The molecule has 0 radical (unpaired) electrons. The zero-order chi connectivity index (χ0) is 14.8. The van der Waals surface area contributed by atoms with Crippen LogP contribution < -0.4 is 4.72 Å². The lowest BCUT2D eigenvalue weighted by Gasteiger charge is -2.12. The Hall–Kier alpha value is -1.44. The van der Waals surface area contributed by atoms with Gasteiger partial charge in [-0.3, -0.25) is 9.71 Å². The molecule has 0 aliphatic heterocycles. The minimum Gasteiger partial charge on any atom is -0.392 e. The Morgan fingerprint density at radius 2 is 2.10 bits per heavy atom. The van der Waals surface area contributed by atoms with Crippen molar-refractivity contribution in [3.8, 4) is 0 Å². The fraction of sp³-hybridized carbons (Fsp3) is 0.154. The van der Waals surface area contributed by atoms with Gasteiger partial charge in [-0.05, 0) is 52.2 Å². The average Bonchev–Trinajstić information content (AvgIpc) is 2.41. The Morgan fingerprint density at radius 1 is 1.35 bits per heavy atom. The molecule has 20 heavy (non-hydrogen) atoms. The van der Waals surface area contributed by atoms with Gasteiger partial charge >= 0.3 is 0 Å². The summed E-state index contributed by atoms with van der Waals surface area (Å²) in [6, 6.07) is 6.39. The van der Waals surface area contributed by atoms with E-state index in [1.807, 2.05) is 0 Å². The van der Waals surface area contributed by atoms with E-state index in [1.165, 1.54) is 12.3 Å². The highest BCUT2D eigenvalue weighted by Gasteiger charge is 2.19. The lowest BCUT2D eigenvalue weighted by Crippen LogP contribution is -2.15. The molecule has 0 spiro atoms. The largest absolute Gasteiger partial charge is 0.392 e.